The molecule has 0 heterocycles. The lowest BCUT2D eigenvalue weighted by molar-refractivity contribution is -0.104. The molecule has 1 rings (SSSR count). The minimum atomic E-state index is 0.180. The van der Waals surface area contributed by atoms with Crippen molar-refractivity contribution in [3.8, 4) is 0 Å². The molecular weight excluding hydrogens is 184 g/mol. The van der Waals surface area contributed by atoms with Gasteiger partial charge < -0.3 is 0 Å². The quantitative estimate of drug-likeness (QED) is 0.534. The number of aldehydes is 1. The van der Waals surface area contributed by atoms with E-state index >= 15 is 0 Å². The molecule has 1 nitrogen and oxygen atoms in total. The molecule has 2 heteroatoms. The van der Waals surface area contributed by atoms with Crippen LogP contribution in [0.15, 0.2) is 36.4 Å². The molecule has 0 spiro atoms. The molecule has 1 atom stereocenters. The summed E-state index contributed by atoms with van der Waals surface area (Å²) >= 11 is 5.98. The number of carbonyl (C=O) groups is 1. The molecule has 0 saturated carbocycles. The predicted octanol–water partition coefficient (Wildman–Crippen LogP) is 3.20. The first kappa shape index (κ1) is 10.0. The molecule has 0 N–H and O–H groups in total. The molecule has 1 aromatic carbocycles. The Labute approximate surface area is 83.0 Å². The number of hydrogen-bond donors (Lipinski definition) is 0. The second-order valence-electron chi connectivity index (χ2n) is 2.83. The summed E-state index contributed by atoms with van der Waals surface area (Å²) in [6.45, 7) is 2.00. The van der Waals surface area contributed by atoms with Crippen LogP contribution in [-0.4, -0.2) is 6.29 Å². The minimum absolute atomic E-state index is 0.180. The maximum atomic E-state index is 10.1. The lowest BCUT2D eigenvalue weighted by Crippen LogP contribution is -1.89. The van der Waals surface area contributed by atoms with E-state index in [2.05, 4.69) is 0 Å². The summed E-state index contributed by atoms with van der Waals surface area (Å²) in [6.07, 6.45) is 4.09. The second kappa shape index (κ2) is 4.83. The van der Waals surface area contributed by atoms with Crippen molar-refractivity contribution in [2.45, 2.75) is 12.8 Å². The first-order valence-electron chi connectivity index (χ1n) is 4.12. The Morgan fingerprint density at radius 3 is 2.69 bits per heavy atom. The van der Waals surface area contributed by atoms with Gasteiger partial charge in [0, 0.05) is 10.9 Å². The van der Waals surface area contributed by atoms with E-state index in [0.29, 0.717) is 0 Å². The Morgan fingerprint density at radius 2 is 2.08 bits per heavy atom. The van der Waals surface area contributed by atoms with Crippen molar-refractivity contribution in [3.63, 3.8) is 0 Å². The van der Waals surface area contributed by atoms with Crippen LogP contribution in [0.1, 0.15) is 18.4 Å². The average molecular weight is 195 g/mol. The van der Waals surface area contributed by atoms with Crippen LogP contribution < -0.4 is 0 Å². The van der Waals surface area contributed by atoms with Gasteiger partial charge in [0.1, 0.15) is 6.29 Å². The number of hydrogen-bond acceptors (Lipinski definition) is 1. The molecule has 0 aromatic heterocycles. The van der Waals surface area contributed by atoms with E-state index in [0.717, 1.165) is 16.9 Å². The van der Waals surface area contributed by atoms with Gasteiger partial charge in [-0.05, 0) is 17.7 Å². The van der Waals surface area contributed by atoms with Gasteiger partial charge in [-0.25, -0.2) is 0 Å². The van der Waals surface area contributed by atoms with Crippen LogP contribution >= 0.6 is 11.6 Å². The summed E-state index contributed by atoms with van der Waals surface area (Å²) in [5.41, 5.74) is 1.04. The number of allylic oxidation sites excluding steroid dienone is 2. The summed E-state index contributed by atoms with van der Waals surface area (Å²) < 4.78 is 0. The molecule has 0 radical (unpaired) electrons. The summed E-state index contributed by atoms with van der Waals surface area (Å²) in [5, 5.41) is 0.741. The number of rotatable bonds is 3. The van der Waals surface area contributed by atoms with Gasteiger partial charge in [-0.3, -0.25) is 4.79 Å². The maximum absolute atomic E-state index is 10.1. The first-order chi connectivity index (χ1) is 6.25. The monoisotopic (exact) mass is 194 g/mol. The highest BCUT2D eigenvalue weighted by Crippen LogP contribution is 2.24. The van der Waals surface area contributed by atoms with Crippen LogP contribution in [0.3, 0.4) is 0 Å². The van der Waals surface area contributed by atoms with Crippen LogP contribution in [0, 0.1) is 0 Å². The van der Waals surface area contributed by atoms with Crippen LogP contribution in [0.4, 0.5) is 0 Å². The predicted molar refractivity (Wildman–Crippen MR) is 55.1 cm³/mol. The van der Waals surface area contributed by atoms with E-state index in [9.17, 15) is 4.79 Å². The van der Waals surface area contributed by atoms with Gasteiger partial charge >= 0.3 is 0 Å². The van der Waals surface area contributed by atoms with Gasteiger partial charge in [0.2, 0.25) is 0 Å². The fourth-order valence-corrected chi connectivity index (χ4v) is 1.47. The molecule has 0 fully saturated rings. The van der Waals surface area contributed by atoms with Gasteiger partial charge in [-0.2, -0.15) is 0 Å². The lowest BCUT2D eigenvalue weighted by Gasteiger charge is -2.07. The van der Waals surface area contributed by atoms with E-state index in [1.807, 2.05) is 37.3 Å². The molecule has 68 valence electrons. The summed E-state index contributed by atoms with van der Waals surface area (Å²) in [4.78, 5) is 10.1. The molecular formula is C11H11ClO. The highest BCUT2D eigenvalue weighted by molar-refractivity contribution is 6.31. The normalized spacial score (nSPS) is 13.1. The third-order valence-corrected chi connectivity index (χ3v) is 2.22. The van der Waals surface area contributed by atoms with Gasteiger partial charge in [0.05, 0.1) is 0 Å². The Kier molecular flexibility index (Phi) is 3.71. The highest BCUT2D eigenvalue weighted by atomic mass is 35.5. The van der Waals surface area contributed by atoms with Crippen LogP contribution in [0.5, 0.6) is 0 Å². The number of benzene rings is 1. The van der Waals surface area contributed by atoms with Crippen molar-refractivity contribution in [1.82, 2.24) is 0 Å². The molecule has 1 unspecified atom stereocenters. The van der Waals surface area contributed by atoms with E-state index in [4.69, 9.17) is 11.6 Å². The smallest absolute Gasteiger partial charge is 0.142 e. The van der Waals surface area contributed by atoms with E-state index < -0.39 is 0 Å². The maximum Gasteiger partial charge on any atom is 0.142 e. The van der Waals surface area contributed by atoms with E-state index in [-0.39, 0.29) is 5.92 Å². The zero-order valence-electron chi connectivity index (χ0n) is 7.41. The van der Waals surface area contributed by atoms with Gasteiger partial charge in [0.15, 0.2) is 0 Å². The summed E-state index contributed by atoms with van der Waals surface area (Å²) in [7, 11) is 0. The first-order valence-corrected chi connectivity index (χ1v) is 4.50. The number of carbonyl (C=O) groups excluding carboxylic acids is 1. The molecule has 13 heavy (non-hydrogen) atoms. The van der Waals surface area contributed by atoms with Crippen LogP contribution in [0.2, 0.25) is 5.02 Å². The fraction of sp³-hybridized carbons (Fsp3) is 0.182. The van der Waals surface area contributed by atoms with Crippen LogP contribution in [0.25, 0.3) is 0 Å². The van der Waals surface area contributed by atoms with Crippen molar-refractivity contribution in [3.05, 3.63) is 47.0 Å². The molecule has 1 aromatic rings. The minimum Gasteiger partial charge on any atom is -0.299 e. The highest BCUT2D eigenvalue weighted by Gasteiger charge is 2.04. The third-order valence-electron chi connectivity index (χ3n) is 1.87. The third kappa shape index (κ3) is 2.71. The molecule has 0 amide bonds. The van der Waals surface area contributed by atoms with Gasteiger partial charge in [-0.15, -0.1) is 0 Å². The Bertz CT molecular complexity index is 318. The fourth-order valence-electron chi connectivity index (χ4n) is 1.16. The van der Waals surface area contributed by atoms with E-state index in [1.54, 1.807) is 0 Å². The Hall–Kier alpha value is -1.08. The van der Waals surface area contributed by atoms with E-state index in [1.165, 1.54) is 6.08 Å². The SMILES string of the molecule is CC(/C=C/C=O)c1ccccc1Cl. The molecule has 0 saturated heterocycles. The van der Waals surface area contributed by atoms with Crippen molar-refractivity contribution in [1.29, 1.82) is 0 Å². The van der Waals surface area contributed by atoms with Crippen molar-refractivity contribution >= 4 is 17.9 Å². The second-order valence-corrected chi connectivity index (χ2v) is 3.24. The number of halogens is 1. The standard InChI is InChI=1S/C11H11ClO/c1-9(5-4-8-13)10-6-2-3-7-11(10)12/h2-9H,1H3/b5-4+. The molecule has 0 bridgehead atoms. The Balaban J connectivity index is 2.88. The topological polar surface area (TPSA) is 17.1 Å². The average Bonchev–Trinajstić information content (AvgIpc) is 2.15. The van der Waals surface area contributed by atoms with Crippen molar-refractivity contribution < 1.29 is 4.79 Å². The summed E-state index contributed by atoms with van der Waals surface area (Å²) in [6, 6.07) is 7.64. The Morgan fingerprint density at radius 1 is 1.38 bits per heavy atom. The van der Waals surface area contributed by atoms with Crippen molar-refractivity contribution in [2.24, 2.45) is 0 Å². The molecule has 0 aliphatic heterocycles. The molecule has 0 aliphatic rings. The zero-order chi connectivity index (χ0) is 9.68. The summed E-state index contributed by atoms with van der Waals surface area (Å²) in [5.74, 6) is 0.180. The lowest BCUT2D eigenvalue weighted by atomic mass is 10.0. The van der Waals surface area contributed by atoms with Gasteiger partial charge in [-0.1, -0.05) is 42.8 Å². The largest absolute Gasteiger partial charge is 0.299 e. The van der Waals surface area contributed by atoms with Crippen LogP contribution in [-0.2, 0) is 4.79 Å². The van der Waals surface area contributed by atoms with Crippen molar-refractivity contribution in [2.75, 3.05) is 0 Å². The molecule has 0 aliphatic carbocycles. The zero-order valence-corrected chi connectivity index (χ0v) is 8.16. The van der Waals surface area contributed by atoms with Gasteiger partial charge in [0.25, 0.3) is 0 Å².